The molecule has 0 atom stereocenters. The first-order valence-electron chi connectivity index (χ1n) is 10.0. The summed E-state index contributed by atoms with van der Waals surface area (Å²) in [6.45, 7) is 6.21. The summed E-state index contributed by atoms with van der Waals surface area (Å²) < 4.78 is 16.5. The van der Waals surface area contributed by atoms with Crippen molar-refractivity contribution >= 4 is 11.8 Å². The van der Waals surface area contributed by atoms with Gasteiger partial charge in [-0.1, -0.05) is 38.1 Å². The lowest BCUT2D eigenvalue weighted by molar-refractivity contribution is -0.123. The maximum absolute atomic E-state index is 12.2. The van der Waals surface area contributed by atoms with Crippen molar-refractivity contribution in [3.8, 4) is 11.5 Å². The van der Waals surface area contributed by atoms with E-state index >= 15 is 0 Å². The largest absolute Gasteiger partial charge is 0.486 e. The number of rotatable bonds is 8. The van der Waals surface area contributed by atoms with Crippen LogP contribution in [0.3, 0.4) is 0 Å². The minimum absolute atomic E-state index is 0.0628. The molecule has 0 aliphatic heterocycles. The molecule has 3 aromatic rings. The molecular formula is C24H26N2O5. The fourth-order valence-corrected chi connectivity index (χ4v) is 3.01. The summed E-state index contributed by atoms with van der Waals surface area (Å²) in [5.41, 5.74) is 6.95. The third-order valence-electron chi connectivity index (χ3n) is 4.56. The summed E-state index contributed by atoms with van der Waals surface area (Å²) in [4.78, 5) is 24.1. The van der Waals surface area contributed by atoms with E-state index < -0.39 is 11.8 Å². The molecule has 3 rings (SSSR count). The Hall–Kier alpha value is -3.74. The highest BCUT2D eigenvalue weighted by atomic mass is 16.5. The lowest BCUT2D eigenvalue weighted by Gasteiger charge is -2.12. The van der Waals surface area contributed by atoms with E-state index in [1.165, 1.54) is 11.6 Å². The molecule has 2 aromatic carbocycles. The molecule has 7 heteroatoms. The van der Waals surface area contributed by atoms with Crippen LogP contribution in [0.2, 0.25) is 0 Å². The molecule has 0 bridgehead atoms. The normalized spacial score (nSPS) is 10.6. The number of benzene rings is 2. The van der Waals surface area contributed by atoms with Crippen molar-refractivity contribution in [2.75, 3.05) is 6.61 Å². The van der Waals surface area contributed by atoms with Gasteiger partial charge in [0.15, 0.2) is 12.4 Å². The SMILES string of the molecule is Cc1cc(OCC(=O)NNC(=O)c2ccc(COc3ccccc3)o2)ccc1C(C)C. The van der Waals surface area contributed by atoms with Crippen molar-refractivity contribution < 1.29 is 23.5 Å². The average Bonchev–Trinajstić information content (AvgIpc) is 3.24. The summed E-state index contributed by atoms with van der Waals surface area (Å²) in [6, 6.07) is 18.2. The van der Waals surface area contributed by atoms with Crippen molar-refractivity contribution in [1.82, 2.24) is 10.9 Å². The van der Waals surface area contributed by atoms with Crippen molar-refractivity contribution in [1.29, 1.82) is 0 Å². The number of ether oxygens (including phenoxy) is 2. The molecule has 162 valence electrons. The molecule has 0 saturated carbocycles. The van der Waals surface area contributed by atoms with Crippen molar-refractivity contribution in [3.63, 3.8) is 0 Å². The van der Waals surface area contributed by atoms with E-state index in [1.54, 1.807) is 6.07 Å². The maximum Gasteiger partial charge on any atom is 0.305 e. The summed E-state index contributed by atoms with van der Waals surface area (Å²) in [5, 5.41) is 0. The smallest absolute Gasteiger partial charge is 0.305 e. The number of carbonyl (C=O) groups excluding carboxylic acids is 2. The number of para-hydroxylation sites is 1. The van der Waals surface area contributed by atoms with Gasteiger partial charge in [-0.25, -0.2) is 0 Å². The Balaban J connectivity index is 1.42. The molecular weight excluding hydrogens is 396 g/mol. The number of furan rings is 1. The second-order valence-corrected chi connectivity index (χ2v) is 7.33. The minimum atomic E-state index is -0.573. The number of carbonyl (C=O) groups is 2. The summed E-state index contributed by atoms with van der Waals surface area (Å²) in [5.74, 6) is 1.20. The zero-order valence-electron chi connectivity index (χ0n) is 17.8. The number of aryl methyl sites for hydroxylation is 1. The fourth-order valence-electron chi connectivity index (χ4n) is 3.01. The molecule has 1 aromatic heterocycles. The highest BCUT2D eigenvalue weighted by Crippen LogP contribution is 2.23. The van der Waals surface area contributed by atoms with Gasteiger partial charge in [-0.05, 0) is 60.4 Å². The van der Waals surface area contributed by atoms with Crippen LogP contribution in [-0.4, -0.2) is 18.4 Å². The van der Waals surface area contributed by atoms with Crippen LogP contribution in [0.5, 0.6) is 11.5 Å². The van der Waals surface area contributed by atoms with E-state index in [9.17, 15) is 9.59 Å². The zero-order valence-corrected chi connectivity index (χ0v) is 17.8. The molecule has 0 aliphatic rings. The van der Waals surface area contributed by atoms with Gasteiger partial charge in [0.25, 0.3) is 5.91 Å². The first-order valence-corrected chi connectivity index (χ1v) is 10.0. The first kappa shape index (κ1) is 22.0. The van der Waals surface area contributed by atoms with Gasteiger partial charge in [-0.2, -0.15) is 0 Å². The predicted octanol–water partition coefficient (Wildman–Crippen LogP) is 4.13. The Morgan fingerprint density at radius 1 is 0.935 bits per heavy atom. The Bertz CT molecular complexity index is 1030. The van der Waals surface area contributed by atoms with Crippen LogP contribution in [0.1, 0.15) is 47.2 Å². The van der Waals surface area contributed by atoms with Crippen molar-refractivity contribution in [3.05, 3.63) is 83.3 Å². The van der Waals surface area contributed by atoms with Gasteiger partial charge in [-0.15, -0.1) is 0 Å². The predicted molar refractivity (Wildman–Crippen MR) is 116 cm³/mol. The quantitative estimate of drug-likeness (QED) is 0.533. The molecule has 0 radical (unpaired) electrons. The standard InChI is InChI=1S/C24H26N2O5/c1-16(2)21-11-9-19(13-17(21)3)30-15-23(27)25-26-24(28)22-12-10-20(31-22)14-29-18-7-5-4-6-8-18/h4-13,16H,14-15H2,1-3H3,(H,25,27)(H,26,28). The highest BCUT2D eigenvalue weighted by molar-refractivity contribution is 5.93. The summed E-state index contributed by atoms with van der Waals surface area (Å²) in [7, 11) is 0. The molecule has 31 heavy (non-hydrogen) atoms. The Labute approximate surface area is 181 Å². The van der Waals surface area contributed by atoms with Gasteiger partial charge in [0.2, 0.25) is 0 Å². The molecule has 0 saturated heterocycles. The molecule has 2 N–H and O–H groups in total. The topological polar surface area (TPSA) is 89.8 Å². The van der Waals surface area contributed by atoms with Crippen LogP contribution < -0.4 is 20.3 Å². The molecule has 0 unspecified atom stereocenters. The van der Waals surface area contributed by atoms with E-state index in [4.69, 9.17) is 13.9 Å². The van der Waals surface area contributed by atoms with E-state index in [2.05, 4.69) is 24.7 Å². The molecule has 0 spiro atoms. The number of amides is 2. The van der Waals surface area contributed by atoms with Gasteiger partial charge in [-0.3, -0.25) is 20.4 Å². The van der Waals surface area contributed by atoms with Gasteiger partial charge in [0.1, 0.15) is 23.9 Å². The molecule has 2 amide bonds. The van der Waals surface area contributed by atoms with Gasteiger partial charge >= 0.3 is 5.91 Å². The van der Waals surface area contributed by atoms with Crippen LogP contribution in [0.4, 0.5) is 0 Å². The third-order valence-corrected chi connectivity index (χ3v) is 4.56. The monoisotopic (exact) mass is 422 g/mol. The van der Waals surface area contributed by atoms with Crippen LogP contribution in [0.15, 0.2) is 65.1 Å². The molecule has 1 heterocycles. The van der Waals surface area contributed by atoms with Crippen LogP contribution in [0, 0.1) is 6.92 Å². The van der Waals surface area contributed by atoms with Crippen LogP contribution >= 0.6 is 0 Å². The highest BCUT2D eigenvalue weighted by Gasteiger charge is 2.13. The third kappa shape index (κ3) is 6.37. The second kappa shape index (κ2) is 10.3. The zero-order chi connectivity index (χ0) is 22.2. The lowest BCUT2D eigenvalue weighted by Crippen LogP contribution is -2.43. The van der Waals surface area contributed by atoms with Crippen molar-refractivity contribution in [2.45, 2.75) is 33.3 Å². The lowest BCUT2D eigenvalue weighted by atomic mass is 9.98. The molecule has 7 nitrogen and oxygen atoms in total. The van der Waals surface area contributed by atoms with Crippen molar-refractivity contribution in [2.24, 2.45) is 0 Å². The number of hydrogen-bond donors (Lipinski definition) is 2. The minimum Gasteiger partial charge on any atom is -0.486 e. The second-order valence-electron chi connectivity index (χ2n) is 7.33. The van der Waals surface area contributed by atoms with Gasteiger partial charge in [0.05, 0.1) is 0 Å². The first-order chi connectivity index (χ1) is 14.9. The van der Waals surface area contributed by atoms with Crippen LogP contribution in [-0.2, 0) is 11.4 Å². The Kier molecular flexibility index (Phi) is 7.32. The fraction of sp³-hybridized carbons (Fsp3) is 0.250. The Morgan fingerprint density at radius 2 is 1.71 bits per heavy atom. The van der Waals surface area contributed by atoms with Gasteiger partial charge < -0.3 is 13.9 Å². The van der Waals surface area contributed by atoms with E-state index in [0.717, 1.165) is 5.56 Å². The maximum atomic E-state index is 12.2. The summed E-state index contributed by atoms with van der Waals surface area (Å²) >= 11 is 0. The average molecular weight is 422 g/mol. The summed E-state index contributed by atoms with van der Waals surface area (Å²) in [6.07, 6.45) is 0. The van der Waals surface area contributed by atoms with E-state index in [0.29, 0.717) is 23.2 Å². The molecule has 0 fully saturated rings. The van der Waals surface area contributed by atoms with Gasteiger partial charge in [0, 0.05) is 0 Å². The van der Waals surface area contributed by atoms with Crippen LogP contribution in [0.25, 0.3) is 0 Å². The number of nitrogens with one attached hydrogen (secondary N) is 2. The van der Waals surface area contributed by atoms with E-state index in [1.807, 2.05) is 55.5 Å². The number of hydrogen-bond acceptors (Lipinski definition) is 5. The Morgan fingerprint density at radius 3 is 2.42 bits per heavy atom. The molecule has 0 aliphatic carbocycles. The number of hydrazine groups is 1. The van der Waals surface area contributed by atoms with E-state index in [-0.39, 0.29) is 19.0 Å².